The Morgan fingerprint density at radius 1 is 1.50 bits per heavy atom. The van der Waals surface area contributed by atoms with Crippen molar-refractivity contribution in [3.05, 3.63) is 18.3 Å². The monoisotopic (exact) mass is 190 g/mol. The molecule has 2 heterocycles. The molecule has 1 aliphatic carbocycles. The molecule has 1 aliphatic heterocycles. The first-order valence-corrected chi connectivity index (χ1v) is 4.71. The first-order chi connectivity index (χ1) is 6.77. The van der Waals surface area contributed by atoms with Gasteiger partial charge in [-0.25, -0.2) is 4.98 Å². The van der Waals surface area contributed by atoms with Gasteiger partial charge in [0.1, 0.15) is 5.60 Å². The molecule has 1 spiro atoms. The minimum absolute atomic E-state index is 0.0000463. The second-order valence-electron chi connectivity index (χ2n) is 3.86. The first-order valence-electron chi connectivity index (χ1n) is 4.71. The molecule has 1 N–H and O–H groups in total. The Hall–Kier alpha value is -1.58. The normalized spacial score (nSPS) is 21.9. The van der Waals surface area contributed by atoms with Crippen LogP contribution in [0, 0.1) is 0 Å². The Balaban J connectivity index is 2.04. The number of carbonyl (C=O) groups excluding carboxylic acids is 1. The average molecular weight is 190 g/mol. The van der Waals surface area contributed by atoms with Crippen LogP contribution in [0.5, 0.6) is 5.75 Å². The maximum absolute atomic E-state index is 11.5. The molecule has 0 bridgehead atoms. The Bertz CT molecular complexity index is 399. The Labute approximate surface area is 81.3 Å². The van der Waals surface area contributed by atoms with E-state index in [-0.39, 0.29) is 11.5 Å². The van der Waals surface area contributed by atoms with E-state index in [0.717, 1.165) is 12.8 Å². The maximum atomic E-state index is 11.5. The smallest absolute Gasteiger partial charge is 0.229 e. The second-order valence-corrected chi connectivity index (χ2v) is 3.86. The van der Waals surface area contributed by atoms with Crippen molar-refractivity contribution >= 4 is 11.7 Å². The number of hydrogen-bond acceptors (Lipinski definition) is 3. The number of rotatable bonds is 0. The number of carbonyl (C=O) groups is 1. The molecule has 0 unspecified atom stereocenters. The SMILES string of the molecule is O=C1CC2(CC2)Oc2cccnc2N1. The molecule has 0 atom stereocenters. The third-order valence-electron chi connectivity index (χ3n) is 2.65. The number of hydrogen-bond donors (Lipinski definition) is 1. The largest absolute Gasteiger partial charge is 0.483 e. The molecule has 1 amide bonds. The second kappa shape index (κ2) is 2.47. The molecule has 0 aromatic carbocycles. The molecule has 0 radical (unpaired) electrons. The lowest BCUT2D eigenvalue weighted by Gasteiger charge is -2.13. The summed E-state index contributed by atoms with van der Waals surface area (Å²) < 4.78 is 5.78. The highest BCUT2D eigenvalue weighted by molar-refractivity contribution is 5.92. The van der Waals surface area contributed by atoms with Crippen molar-refractivity contribution in [2.75, 3.05) is 5.32 Å². The van der Waals surface area contributed by atoms with Crippen LogP contribution in [0.1, 0.15) is 19.3 Å². The lowest BCUT2D eigenvalue weighted by Crippen LogP contribution is -2.22. The van der Waals surface area contributed by atoms with Gasteiger partial charge in [0.2, 0.25) is 5.91 Å². The number of anilines is 1. The van der Waals surface area contributed by atoms with Gasteiger partial charge in [-0.3, -0.25) is 4.79 Å². The van der Waals surface area contributed by atoms with Crippen molar-refractivity contribution in [1.82, 2.24) is 4.98 Å². The van der Waals surface area contributed by atoms with Gasteiger partial charge in [0.05, 0.1) is 6.42 Å². The predicted octanol–water partition coefficient (Wildman–Crippen LogP) is 1.34. The zero-order valence-electron chi connectivity index (χ0n) is 7.62. The van der Waals surface area contributed by atoms with Crippen LogP contribution in [0.25, 0.3) is 0 Å². The van der Waals surface area contributed by atoms with Gasteiger partial charge in [0.15, 0.2) is 11.6 Å². The number of pyridine rings is 1. The van der Waals surface area contributed by atoms with Crippen LogP contribution < -0.4 is 10.1 Å². The highest BCUT2D eigenvalue weighted by Gasteiger charge is 2.49. The molecule has 1 aromatic heterocycles. The Morgan fingerprint density at radius 2 is 2.36 bits per heavy atom. The standard InChI is InChI=1S/C10H10N2O2/c13-8-6-10(3-4-10)14-7-2-1-5-11-9(7)12-8/h1-2,5H,3-4,6H2,(H,11,12,13). The first kappa shape index (κ1) is 7.79. The number of nitrogens with one attached hydrogen (secondary N) is 1. The van der Waals surface area contributed by atoms with Crippen molar-refractivity contribution in [2.45, 2.75) is 24.9 Å². The van der Waals surface area contributed by atoms with Crippen LogP contribution in [0.3, 0.4) is 0 Å². The van der Waals surface area contributed by atoms with Gasteiger partial charge in [-0.1, -0.05) is 0 Å². The molecule has 1 aromatic rings. The predicted molar refractivity (Wildman–Crippen MR) is 50.1 cm³/mol. The molecule has 0 saturated heterocycles. The Morgan fingerprint density at radius 3 is 3.14 bits per heavy atom. The van der Waals surface area contributed by atoms with Crippen molar-refractivity contribution in [3.63, 3.8) is 0 Å². The van der Waals surface area contributed by atoms with E-state index in [1.807, 2.05) is 12.1 Å². The molecule has 4 nitrogen and oxygen atoms in total. The summed E-state index contributed by atoms with van der Waals surface area (Å²) in [6.45, 7) is 0. The van der Waals surface area contributed by atoms with Crippen LogP contribution in [0.4, 0.5) is 5.82 Å². The summed E-state index contributed by atoms with van der Waals surface area (Å²) in [7, 11) is 0. The van der Waals surface area contributed by atoms with Crippen LogP contribution in [-0.4, -0.2) is 16.5 Å². The van der Waals surface area contributed by atoms with E-state index in [0.29, 0.717) is 18.0 Å². The van der Waals surface area contributed by atoms with Gasteiger partial charge in [-0.05, 0) is 25.0 Å². The van der Waals surface area contributed by atoms with Gasteiger partial charge in [-0.15, -0.1) is 0 Å². The quantitative estimate of drug-likeness (QED) is 0.671. The summed E-state index contributed by atoms with van der Waals surface area (Å²) in [6, 6.07) is 3.65. The lowest BCUT2D eigenvalue weighted by molar-refractivity contribution is -0.117. The molecule has 1 saturated carbocycles. The number of nitrogens with zero attached hydrogens (tertiary/aromatic N) is 1. The minimum Gasteiger partial charge on any atom is -0.483 e. The van der Waals surface area contributed by atoms with Crippen molar-refractivity contribution < 1.29 is 9.53 Å². The van der Waals surface area contributed by atoms with E-state index in [9.17, 15) is 4.79 Å². The molecular formula is C10H10N2O2. The van der Waals surface area contributed by atoms with Gasteiger partial charge in [0, 0.05) is 6.20 Å². The summed E-state index contributed by atoms with van der Waals surface area (Å²) in [5.74, 6) is 1.23. The average Bonchev–Trinajstić information content (AvgIpc) is 2.90. The highest BCUT2D eigenvalue weighted by Crippen LogP contribution is 2.46. The summed E-state index contributed by atoms with van der Waals surface area (Å²) >= 11 is 0. The number of aromatic nitrogens is 1. The fourth-order valence-electron chi connectivity index (χ4n) is 1.72. The molecule has 72 valence electrons. The molecule has 1 fully saturated rings. The van der Waals surface area contributed by atoms with Gasteiger partial charge in [0.25, 0.3) is 0 Å². The number of amides is 1. The zero-order valence-corrected chi connectivity index (χ0v) is 7.62. The third-order valence-corrected chi connectivity index (χ3v) is 2.65. The molecule has 3 rings (SSSR count). The minimum atomic E-state index is -0.224. The van der Waals surface area contributed by atoms with Crippen molar-refractivity contribution in [3.8, 4) is 5.75 Å². The summed E-state index contributed by atoms with van der Waals surface area (Å²) in [4.78, 5) is 15.5. The van der Waals surface area contributed by atoms with Gasteiger partial charge in [-0.2, -0.15) is 0 Å². The summed E-state index contributed by atoms with van der Waals surface area (Å²) in [5, 5.41) is 2.74. The van der Waals surface area contributed by atoms with E-state index >= 15 is 0 Å². The van der Waals surface area contributed by atoms with E-state index in [2.05, 4.69) is 10.3 Å². The van der Waals surface area contributed by atoms with Crippen LogP contribution in [-0.2, 0) is 4.79 Å². The van der Waals surface area contributed by atoms with Crippen LogP contribution in [0.15, 0.2) is 18.3 Å². The van der Waals surface area contributed by atoms with E-state index in [1.165, 1.54) is 0 Å². The fraction of sp³-hybridized carbons (Fsp3) is 0.400. The molecule has 14 heavy (non-hydrogen) atoms. The number of ether oxygens (including phenoxy) is 1. The topological polar surface area (TPSA) is 51.2 Å². The van der Waals surface area contributed by atoms with Gasteiger partial charge < -0.3 is 10.1 Å². The van der Waals surface area contributed by atoms with Crippen molar-refractivity contribution in [1.29, 1.82) is 0 Å². The highest BCUT2D eigenvalue weighted by atomic mass is 16.5. The lowest BCUT2D eigenvalue weighted by atomic mass is 10.2. The van der Waals surface area contributed by atoms with E-state index in [1.54, 1.807) is 6.20 Å². The molecule has 4 heteroatoms. The van der Waals surface area contributed by atoms with E-state index < -0.39 is 0 Å². The van der Waals surface area contributed by atoms with Crippen LogP contribution >= 0.6 is 0 Å². The molecular weight excluding hydrogens is 180 g/mol. The zero-order chi connectivity index (χ0) is 9.60. The summed E-state index contributed by atoms with van der Waals surface area (Å²) in [6.07, 6.45) is 4.03. The third kappa shape index (κ3) is 1.14. The maximum Gasteiger partial charge on any atom is 0.229 e. The van der Waals surface area contributed by atoms with Crippen LogP contribution in [0.2, 0.25) is 0 Å². The van der Waals surface area contributed by atoms with Gasteiger partial charge >= 0.3 is 0 Å². The number of fused-ring (bicyclic) bond motifs is 1. The van der Waals surface area contributed by atoms with E-state index in [4.69, 9.17) is 4.74 Å². The fourth-order valence-corrected chi connectivity index (χ4v) is 1.72. The summed E-state index contributed by atoms with van der Waals surface area (Å²) in [5.41, 5.74) is -0.224. The Kier molecular flexibility index (Phi) is 1.37. The molecule has 2 aliphatic rings. The van der Waals surface area contributed by atoms with Crippen molar-refractivity contribution in [2.24, 2.45) is 0 Å².